The molecule has 3 amide bonds. The number of ether oxygens (including phenoxy) is 1. The maximum Gasteiger partial charge on any atom is 0.315 e. The molecule has 0 aliphatic carbocycles. The number of nitrogens with zero attached hydrogens (tertiary/aromatic N) is 1. The van der Waals surface area contributed by atoms with Crippen LogP contribution in [0.25, 0.3) is 10.2 Å². The predicted octanol–water partition coefficient (Wildman–Crippen LogP) is 2.97. The number of nitrogens with one attached hydrogen (secondary N) is 3. The van der Waals surface area contributed by atoms with Crippen molar-refractivity contribution in [3.8, 4) is 5.75 Å². The molecule has 1 aromatic heterocycles. The number of aromatic nitrogens is 1. The molecule has 4 rings (SSSR count). The Morgan fingerprint density at radius 1 is 1.37 bits per heavy atom. The number of hydrogen-bond donors (Lipinski definition) is 3. The molecule has 3 atom stereocenters. The smallest absolute Gasteiger partial charge is 0.315 e. The Bertz CT molecular complexity index is 856. The molecule has 0 unspecified atom stereocenters. The number of carbonyl (C=O) groups excluding carboxylic acids is 2. The van der Waals surface area contributed by atoms with Gasteiger partial charge in [-0.15, -0.1) is 0 Å². The van der Waals surface area contributed by atoms with Crippen molar-refractivity contribution in [1.29, 1.82) is 0 Å². The quantitative estimate of drug-likeness (QED) is 0.486. The van der Waals surface area contributed by atoms with Crippen molar-refractivity contribution in [1.82, 2.24) is 15.6 Å². The molecular formula is C18H22N4O3S2. The molecule has 0 saturated carbocycles. The van der Waals surface area contributed by atoms with E-state index >= 15 is 0 Å². The van der Waals surface area contributed by atoms with Gasteiger partial charge >= 0.3 is 6.03 Å². The molecule has 1 aromatic carbocycles. The van der Waals surface area contributed by atoms with Gasteiger partial charge in [0.1, 0.15) is 5.75 Å². The van der Waals surface area contributed by atoms with E-state index < -0.39 is 0 Å². The Balaban J connectivity index is 1.21. The second-order valence-corrected chi connectivity index (χ2v) is 9.07. The number of benzene rings is 1. The van der Waals surface area contributed by atoms with Crippen LogP contribution >= 0.6 is 23.1 Å². The molecule has 2 aliphatic rings. The van der Waals surface area contributed by atoms with Crippen LogP contribution < -0.4 is 20.7 Å². The van der Waals surface area contributed by atoms with Crippen LogP contribution in [0, 0.1) is 0 Å². The normalized spacial score (nSPS) is 23.7. The van der Waals surface area contributed by atoms with Crippen LogP contribution in [0.2, 0.25) is 0 Å². The molecule has 2 aromatic rings. The summed E-state index contributed by atoms with van der Waals surface area (Å²) in [5.41, 5.74) is 0.858. The van der Waals surface area contributed by atoms with E-state index in [0.717, 1.165) is 41.0 Å². The van der Waals surface area contributed by atoms with E-state index in [1.165, 1.54) is 11.3 Å². The van der Waals surface area contributed by atoms with E-state index in [1.54, 1.807) is 7.11 Å². The second kappa shape index (κ2) is 7.93. The van der Waals surface area contributed by atoms with Crippen molar-refractivity contribution < 1.29 is 14.3 Å². The Morgan fingerprint density at radius 3 is 3.11 bits per heavy atom. The second-order valence-electron chi connectivity index (χ2n) is 6.77. The topological polar surface area (TPSA) is 92.3 Å². The van der Waals surface area contributed by atoms with E-state index in [4.69, 9.17) is 4.74 Å². The number of fused-ring (bicyclic) bond motifs is 2. The highest BCUT2D eigenvalue weighted by molar-refractivity contribution is 8.00. The minimum absolute atomic E-state index is 0.00573. The average molecular weight is 407 g/mol. The number of anilines is 1. The van der Waals surface area contributed by atoms with Crippen LogP contribution in [-0.4, -0.2) is 47.1 Å². The Hall–Kier alpha value is -2.00. The number of urea groups is 1. The van der Waals surface area contributed by atoms with E-state index in [0.29, 0.717) is 16.8 Å². The maximum atomic E-state index is 12.2. The lowest BCUT2D eigenvalue weighted by molar-refractivity contribution is -0.116. The van der Waals surface area contributed by atoms with Crippen molar-refractivity contribution in [2.75, 3.05) is 18.2 Å². The van der Waals surface area contributed by atoms with Gasteiger partial charge in [-0.25, -0.2) is 9.78 Å². The number of unbranched alkanes of at least 4 members (excludes halogenated alkanes) is 1. The molecule has 7 nitrogen and oxygen atoms in total. The van der Waals surface area contributed by atoms with Crippen molar-refractivity contribution in [2.24, 2.45) is 0 Å². The van der Waals surface area contributed by atoms with E-state index in [2.05, 4.69) is 20.9 Å². The zero-order chi connectivity index (χ0) is 18.8. The average Bonchev–Trinajstić information content (AvgIpc) is 3.31. The van der Waals surface area contributed by atoms with Crippen molar-refractivity contribution in [3.63, 3.8) is 0 Å². The fourth-order valence-corrected chi connectivity index (χ4v) is 6.00. The minimum atomic E-state index is -0.0527. The van der Waals surface area contributed by atoms with Crippen molar-refractivity contribution in [2.45, 2.75) is 43.0 Å². The van der Waals surface area contributed by atoms with Crippen molar-refractivity contribution >= 4 is 50.4 Å². The van der Waals surface area contributed by atoms with Crippen LogP contribution in [-0.2, 0) is 4.79 Å². The molecule has 9 heteroatoms. The summed E-state index contributed by atoms with van der Waals surface area (Å²) in [4.78, 5) is 28.0. The molecule has 3 N–H and O–H groups in total. The van der Waals surface area contributed by atoms with Crippen LogP contribution in [0.15, 0.2) is 18.2 Å². The first-order valence-corrected chi connectivity index (χ1v) is 10.9. The number of methoxy groups -OCH3 is 1. The number of thiazole rings is 1. The van der Waals surface area contributed by atoms with Gasteiger partial charge < -0.3 is 20.7 Å². The van der Waals surface area contributed by atoms with Gasteiger partial charge in [-0.2, -0.15) is 11.8 Å². The fraction of sp³-hybridized carbons (Fsp3) is 0.500. The van der Waals surface area contributed by atoms with Crippen LogP contribution in [0.3, 0.4) is 0 Å². The third-order valence-corrected chi connectivity index (χ3v) is 7.36. The first-order valence-electron chi connectivity index (χ1n) is 9.05. The number of carbonyl (C=O) groups is 2. The predicted molar refractivity (Wildman–Crippen MR) is 109 cm³/mol. The summed E-state index contributed by atoms with van der Waals surface area (Å²) in [5.74, 6) is 1.75. The third kappa shape index (κ3) is 4.14. The fourth-order valence-electron chi connectivity index (χ4n) is 3.54. The molecule has 0 bridgehead atoms. The molecule has 27 heavy (non-hydrogen) atoms. The van der Waals surface area contributed by atoms with Gasteiger partial charge in [0.15, 0.2) is 5.13 Å². The monoisotopic (exact) mass is 406 g/mol. The molecular weight excluding hydrogens is 384 g/mol. The Labute approximate surface area is 165 Å². The largest absolute Gasteiger partial charge is 0.497 e. The van der Waals surface area contributed by atoms with Gasteiger partial charge in [-0.3, -0.25) is 4.79 Å². The van der Waals surface area contributed by atoms with Gasteiger partial charge in [-0.05, 0) is 31.0 Å². The summed E-state index contributed by atoms with van der Waals surface area (Å²) in [6.45, 7) is 0. The SMILES string of the molecule is COc1ccc2nc(NC(=O)CCCC[C@@H]3SC[C@@H]4NC(=O)N[C@H]43)sc2c1. The van der Waals surface area contributed by atoms with Crippen LogP contribution in [0.1, 0.15) is 25.7 Å². The summed E-state index contributed by atoms with van der Waals surface area (Å²) in [5, 5.41) is 9.91. The highest BCUT2D eigenvalue weighted by Crippen LogP contribution is 2.33. The van der Waals surface area contributed by atoms with E-state index in [1.807, 2.05) is 30.0 Å². The third-order valence-electron chi connectivity index (χ3n) is 4.92. The molecule has 2 fully saturated rings. The van der Waals surface area contributed by atoms with Gasteiger partial charge in [0.2, 0.25) is 5.91 Å². The van der Waals surface area contributed by atoms with Crippen LogP contribution in [0.5, 0.6) is 5.75 Å². The Morgan fingerprint density at radius 2 is 2.26 bits per heavy atom. The molecule has 0 radical (unpaired) electrons. The highest BCUT2D eigenvalue weighted by atomic mass is 32.2. The minimum Gasteiger partial charge on any atom is -0.497 e. The number of amides is 3. The highest BCUT2D eigenvalue weighted by Gasteiger charge is 2.42. The lowest BCUT2D eigenvalue weighted by atomic mass is 10.0. The summed E-state index contributed by atoms with van der Waals surface area (Å²) in [6, 6.07) is 6.12. The summed E-state index contributed by atoms with van der Waals surface area (Å²) >= 11 is 3.36. The van der Waals surface area contributed by atoms with Gasteiger partial charge in [0.25, 0.3) is 0 Å². The molecule has 144 valence electrons. The molecule has 3 heterocycles. The van der Waals surface area contributed by atoms with Crippen LogP contribution in [0.4, 0.5) is 9.93 Å². The maximum absolute atomic E-state index is 12.2. The molecule has 2 aliphatic heterocycles. The number of thioether (sulfide) groups is 1. The lowest BCUT2D eigenvalue weighted by Gasteiger charge is -2.16. The standard InChI is InChI=1S/C18H22N4O3S2/c1-25-10-6-7-11-14(8-10)27-18(20-11)21-15(23)5-3-2-4-13-16-12(9-26-13)19-17(24)22-16/h6-8,12-13,16H,2-5,9H2,1H3,(H2,19,22,24)(H,20,21,23)/t12-,13-,16+/m0/s1. The first kappa shape index (κ1) is 18.4. The number of hydrogen-bond acceptors (Lipinski definition) is 6. The van der Waals surface area contributed by atoms with Gasteiger partial charge in [0, 0.05) is 17.4 Å². The van der Waals surface area contributed by atoms with Gasteiger partial charge in [-0.1, -0.05) is 17.8 Å². The summed E-state index contributed by atoms with van der Waals surface area (Å²) in [7, 11) is 1.63. The van der Waals surface area contributed by atoms with Crippen molar-refractivity contribution in [3.05, 3.63) is 18.2 Å². The van der Waals surface area contributed by atoms with E-state index in [-0.39, 0.29) is 24.0 Å². The lowest BCUT2D eigenvalue weighted by Crippen LogP contribution is -2.36. The zero-order valence-corrected chi connectivity index (χ0v) is 16.6. The Kier molecular flexibility index (Phi) is 5.40. The van der Waals surface area contributed by atoms with Gasteiger partial charge in [0.05, 0.1) is 29.4 Å². The van der Waals surface area contributed by atoms with E-state index in [9.17, 15) is 9.59 Å². The zero-order valence-electron chi connectivity index (χ0n) is 15.0. The molecule has 0 spiro atoms. The number of rotatable bonds is 7. The summed E-state index contributed by atoms with van der Waals surface area (Å²) < 4.78 is 6.21. The summed E-state index contributed by atoms with van der Waals surface area (Å²) in [6.07, 6.45) is 3.30. The molecule has 2 saturated heterocycles. The first-order chi connectivity index (χ1) is 13.1.